The first kappa shape index (κ1) is 13.8. The Labute approximate surface area is 125 Å². The highest BCUT2D eigenvalue weighted by molar-refractivity contribution is 5.57. The molecule has 0 aliphatic heterocycles. The number of hydrogen-bond acceptors (Lipinski definition) is 3. The zero-order valence-corrected chi connectivity index (χ0v) is 12.3. The van der Waals surface area contributed by atoms with Crippen LogP contribution >= 0.6 is 0 Å². The summed E-state index contributed by atoms with van der Waals surface area (Å²) >= 11 is 0. The summed E-state index contributed by atoms with van der Waals surface area (Å²) in [6.45, 7) is 2.90. The molecule has 0 saturated carbocycles. The van der Waals surface area contributed by atoms with Crippen LogP contribution in [-0.4, -0.2) is 16.8 Å². The number of fused-ring (bicyclic) bond motifs is 1. The summed E-state index contributed by atoms with van der Waals surface area (Å²) in [6, 6.07) is 11.3. The molecule has 2 aromatic rings. The van der Waals surface area contributed by atoms with Crippen molar-refractivity contribution in [2.45, 2.75) is 32.1 Å². The molecule has 0 radical (unpaired) electrons. The molecule has 1 atom stereocenters. The first-order valence-corrected chi connectivity index (χ1v) is 7.55. The highest BCUT2D eigenvalue weighted by Crippen LogP contribution is 2.38. The zero-order valence-electron chi connectivity index (χ0n) is 12.3. The van der Waals surface area contributed by atoms with Crippen molar-refractivity contribution in [2.24, 2.45) is 0 Å². The van der Waals surface area contributed by atoms with Gasteiger partial charge in [0.1, 0.15) is 11.5 Å². The largest absolute Gasteiger partial charge is 0.508 e. The van der Waals surface area contributed by atoms with Crippen molar-refractivity contribution in [2.75, 3.05) is 11.9 Å². The summed E-state index contributed by atoms with van der Waals surface area (Å²) < 4.78 is 0. The lowest BCUT2D eigenvalue weighted by Crippen LogP contribution is -2.14. The fraction of sp³-hybridized carbons (Fsp3) is 0.333. The van der Waals surface area contributed by atoms with E-state index in [9.17, 15) is 10.2 Å². The molecule has 0 heterocycles. The number of anilines is 1. The average molecular weight is 283 g/mol. The fourth-order valence-electron chi connectivity index (χ4n) is 3.25. The molecule has 3 N–H and O–H groups in total. The summed E-state index contributed by atoms with van der Waals surface area (Å²) in [6.07, 6.45) is 3.04. The topological polar surface area (TPSA) is 52.5 Å². The predicted molar refractivity (Wildman–Crippen MR) is 85.1 cm³/mol. The lowest BCUT2D eigenvalue weighted by molar-refractivity contribution is 0.471. The van der Waals surface area contributed by atoms with E-state index in [0.29, 0.717) is 17.4 Å². The molecular weight excluding hydrogens is 262 g/mol. The molecule has 21 heavy (non-hydrogen) atoms. The molecule has 110 valence electrons. The number of benzene rings is 2. The van der Waals surface area contributed by atoms with Gasteiger partial charge in [-0.2, -0.15) is 0 Å². The number of nitrogens with one attached hydrogen (secondary N) is 1. The number of hydrogen-bond donors (Lipinski definition) is 3. The summed E-state index contributed by atoms with van der Waals surface area (Å²) in [4.78, 5) is 0. The number of aryl methyl sites for hydroxylation is 1. The highest BCUT2D eigenvalue weighted by Gasteiger charge is 2.22. The molecule has 3 heteroatoms. The number of rotatable bonds is 3. The minimum Gasteiger partial charge on any atom is -0.508 e. The molecule has 2 aromatic carbocycles. The van der Waals surface area contributed by atoms with Crippen LogP contribution in [-0.2, 0) is 12.8 Å². The first-order valence-electron chi connectivity index (χ1n) is 7.55. The average Bonchev–Trinajstić information content (AvgIpc) is 2.47. The molecule has 3 rings (SSSR count). The Morgan fingerprint density at radius 1 is 1.05 bits per heavy atom. The standard InChI is InChI=1S/C18H21NO2/c1-2-19-18-11-16(21)7-8-17(18)14-4-3-13-10-15(20)6-5-12(13)9-14/h5-8,10-11,14,19-21H,2-4,9H2,1H3. The molecule has 1 unspecified atom stereocenters. The summed E-state index contributed by atoms with van der Waals surface area (Å²) in [7, 11) is 0. The van der Waals surface area contributed by atoms with E-state index in [4.69, 9.17) is 0 Å². The van der Waals surface area contributed by atoms with E-state index in [1.807, 2.05) is 24.3 Å². The second kappa shape index (κ2) is 5.68. The maximum atomic E-state index is 9.68. The van der Waals surface area contributed by atoms with Gasteiger partial charge < -0.3 is 15.5 Å². The van der Waals surface area contributed by atoms with E-state index in [2.05, 4.69) is 12.2 Å². The zero-order chi connectivity index (χ0) is 14.8. The second-order valence-corrected chi connectivity index (χ2v) is 5.69. The van der Waals surface area contributed by atoms with Crippen LogP contribution in [0.5, 0.6) is 11.5 Å². The van der Waals surface area contributed by atoms with Gasteiger partial charge in [0, 0.05) is 18.3 Å². The minimum atomic E-state index is 0.302. The van der Waals surface area contributed by atoms with Gasteiger partial charge in [0.15, 0.2) is 0 Å². The molecule has 0 aromatic heterocycles. The lowest BCUT2D eigenvalue weighted by Gasteiger charge is -2.27. The van der Waals surface area contributed by atoms with E-state index in [-0.39, 0.29) is 0 Å². The van der Waals surface area contributed by atoms with Crippen molar-refractivity contribution in [3.8, 4) is 11.5 Å². The number of phenols is 2. The van der Waals surface area contributed by atoms with Crippen molar-refractivity contribution < 1.29 is 10.2 Å². The third-order valence-electron chi connectivity index (χ3n) is 4.26. The molecular formula is C18H21NO2. The van der Waals surface area contributed by atoms with Crippen molar-refractivity contribution in [3.63, 3.8) is 0 Å². The van der Waals surface area contributed by atoms with Crippen LogP contribution in [0.15, 0.2) is 36.4 Å². The van der Waals surface area contributed by atoms with Crippen LogP contribution in [0.4, 0.5) is 5.69 Å². The Morgan fingerprint density at radius 3 is 2.62 bits per heavy atom. The molecule has 1 aliphatic rings. The van der Waals surface area contributed by atoms with Crippen LogP contribution in [0.1, 0.15) is 36.0 Å². The van der Waals surface area contributed by atoms with Crippen molar-refractivity contribution in [3.05, 3.63) is 53.1 Å². The van der Waals surface area contributed by atoms with Gasteiger partial charge in [0.05, 0.1) is 0 Å². The molecule has 3 nitrogen and oxygen atoms in total. The maximum absolute atomic E-state index is 9.68. The van der Waals surface area contributed by atoms with E-state index in [0.717, 1.165) is 31.5 Å². The van der Waals surface area contributed by atoms with Crippen LogP contribution < -0.4 is 5.32 Å². The summed E-state index contributed by atoms with van der Waals surface area (Å²) in [5.74, 6) is 1.11. The van der Waals surface area contributed by atoms with E-state index < -0.39 is 0 Å². The third kappa shape index (κ3) is 2.82. The van der Waals surface area contributed by atoms with Gasteiger partial charge in [0.25, 0.3) is 0 Å². The molecule has 0 amide bonds. The van der Waals surface area contributed by atoms with Gasteiger partial charge in [-0.15, -0.1) is 0 Å². The van der Waals surface area contributed by atoms with Crippen molar-refractivity contribution in [1.29, 1.82) is 0 Å². The number of aromatic hydroxyl groups is 2. The van der Waals surface area contributed by atoms with E-state index >= 15 is 0 Å². The number of phenolic OH excluding ortho intramolecular Hbond substituents is 2. The molecule has 0 bridgehead atoms. The summed E-state index contributed by atoms with van der Waals surface area (Å²) in [5.41, 5.74) is 4.88. The lowest BCUT2D eigenvalue weighted by atomic mass is 9.79. The first-order chi connectivity index (χ1) is 10.2. The Bertz CT molecular complexity index is 652. The van der Waals surface area contributed by atoms with Crippen LogP contribution in [0.2, 0.25) is 0 Å². The second-order valence-electron chi connectivity index (χ2n) is 5.69. The predicted octanol–water partition coefficient (Wildman–Crippen LogP) is 3.80. The van der Waals surface area contributed by atoms with E-state index in [1.165, 1.54) is 16.7 Å². The Hall–Kier alpha value is -2.16. The van der Waals surface area contributed by atoms with Gasteiger partial charge >= 0.3 is 0 Å². The van der Waals surface area contributed by atoms with Gasteiger partial charge in [-0.05, 0) is 67.0 Å². The maximum Gasteiger partial charge on any atom is 0.117 e. The minimum absolute atomic E-state index is 0.302. The van der Waals surface area contributed by atoms with Crippen LogP contribution in [0.25, 0.3) is 0 Å². The van der Waals surface area contributed by atoms with Gasteiger partial charge in [0.2, 0.25) is 0 Å². The van der Waals surface area contributed by atoms with Crippen LogP contribution in [0, 0.1) is 0 Å². The van der Waals surface area contributed by atoms with Crippen molar-refractivity contribution >= 4 is 5.69 Å². The fourth-order valence-corrected chi connectivity index (χ4v) is 3.25. The smallest absolute Gasteiger partial charge is 0.117 e. The van der Waals surface area contributed by atoms with Crippen molar-refractivity contribution in [1.82, 2.24) is 0 Å². The molecule has 0 fully saturated rings. The normalized spacial score (nSPS) is 17.3. The van der Waals surface area contributed by atoms with Gasteiger partial charge in [-0.3, -0.25) is 0 Å². The summed E-state index contributed by atoms with van der Waals surface area (Å²) in [5, 5.41) is 22.6. The molecule has 0 spiro atoms. The van der Waals surface area contributed by atoms with Gasteiger partial charge in [-0.1, -0.05) is 12.1 Å². The Morgan fingerprint density at radius 2 is 1.81 bits per heavy atom. The highest BCUT2D eigenvalue weighted by atomic mass is 16.3. The quantitative estimate of drug-likeness (QED) is 0.803. The molecule has 0 saturated heterocycles. The van der Waals surface area contributed by atoms with E-state index in [1.54, 1.807) is 12.1 Å². The Balaban J connectivity index is 1.90. The van der Waals surface area contributed by atoms with Crippen LogP contribution in [0.3, 0.4) is 0 Å². The Kier molecular flexibility index (Phi) is 3.74. The molecule has 1 aliphatic carbocycles. The van der Waals surface area contributed by atoms with Gasteiger partial charge in [-0.25, -0.2) is 0 Å². The SMILES string of the molecule is CCNc1cc(O)ccc1C1CCc2cc(O)ccc2C1. The monoisotopic (exact) mass is 283 g/mol. The third-order valence-corrected chi connectivity index (χ3v) is 4.26.